The van der Waals surface area contributed by atoms with E-state index < -0.39 is 5.97 Å². The molecule has 0 bridgehead atoms. The number of hydrogen-bond donors (Lipinski definition) is 0. The van der Waals surface area contributed by atoms with Gasteiger partial charge in [0.05, 0.1) is 36.0 Å². The van der Waals surface area contributed by atoms with Crippen LogP contribution in [0.2, 0.25) is 0 Å². The second kappa shape index (κ2) is 13.9. The topological polar surface area (TPSA) is 130 Å². The molecule has 9 heteroatoms. The number of benzene rings is 2. The molecular formula is C28H25MnN2O6. The number of carboxylic acid groups (broad SMARTS) is 1. The summed E-state index contributed by atoms with van der Waals surface area (Å²) in [7, 11) is 0. The molecule has 4 rings (SSSR count). The number of carbonyl (C=O) groups is 1. The van der Waals surface area contributed by atoms with Crippen LogP contribution < -0.4 is 24.8 Å². The van der Waals surface area contributed by atoms with E-state index in [1.807, 2.05) is 38.1 Å². The van der Waals surface area contributed by atoms with Gasteiger partial charge in [0.25, 0.3) is 0 Å². The van der Waals surface area contributed by atoms with Crippen molar-refractivity contribution < 1.29 is 46.7 Å². The number of hydrogen-bond acceptors (Lipinski definition) is 8. The predicted octanol–water partition coefficient (Wildman–Crippen LogP) is 3.18. The average Bonchev–Trinajstić information content (AvgIpc) is 2.87. The van der Waals surface area contributed by atoms with Crippen LogP contribution in [-0.2, 0) is 21.9 Å². The van der Waals surface area contributed by atoms with E-state index in [1.54, 1.807) is 48.5 Å². The quantitative estimate of drug-likeness (QED) is 0.327. The molecule has 0 saturated heterocycles. The number of ether oxygens (including phenoxy) is 2. The minimum Gasteiger partial charge on any atom is -0.870 e. The van der Waals surface area contributed by atoms with Gasteiger partial charge in [0.15, 0.2) is 0 Å². The molecule has 4 aromatic rings. The van der Waals surface area contributed by atoms with E-state index in [0.717, 1.165) is 6.92 Å². The second-order valence-corrected chi connectivity index (χ2v) is 7.44. The van der Waals surface area contributed by atoms with Gasteiger partial charge in [0, 0.05) is 5.97 Å². The number of para-hydroxylation sites is 2. The zero-order valence-electron chi connectivity index (χ0n) is 20.6. The first-order chi connectivity index (χ1) is 17.3. The molecule has 0 saturated carbocycles. The Morgan fingerprint density at radius 3 is 1.35 bits per heavy atom. The predicted molar refractivity (Wildman–Crippen MR) is 130 cm³/mol. The monoisotopic (exact) mass is 540 g/mol. The van der Waals surface area contributed by atoms with Crippen LogP contribution >= 0.6 is 0 Å². The van der Waals surface area contributed by atoms with Crippen molar-refractivity contribution in [3.05, 3.63) is 72.8 Å². The van der Waals surface area contributed by atoms with Gasteiger partial charge < -0.3 is 29.6 Å². The van der Waals surface area contributed by atoms with Crippen LogP contribution in [0.4, 0.5) is 0 Å². The number of carboxylic acids is 1. The third-order valence-corrected chi connectivity index (χ3v) is 4.87. The number of rotatable bonds is 7. The van der Waals surface area contributed by atoms with Gasteiger partial charge in [-0.3, -0.25) is 0 Å². The maximum atomic E-state index is 12.7. The van der Waals surface area contributed by atoms with Gasteiger partial charge in [-0.05, 0) is 68.3 Å². The third kappa shape index (κ3) is 7.46. The SMILES string of the molecule is CC(=O)[O-].CCOc1cccc(-c2cccc(-c3cccc(-c4cccc(OCC)c4[O-])n3)n2)c1[O-].[Mn+3]. The number of carbonyl (C=O) groups excluding carboxylic acids is 1. The Morgan fingerprint density at radius 2 is 1.00 bits per heavy atom. The van der Waals surface area contributed by atoms with E-state index in [2.05, 4.69) is 9.97 Å². The first kappa shape index (κ1) is 29.2. The molecule has 0 unspecified atom stereocenters. The molecule has 2 heterocycles. The molecule has 37 heavy (non-hydrogen) atoms. The Labute approximate surface area is 226 Å². The zero-order valence-corrected chi connectivity index (χ0v) is 21.7. The second-order valence-electron chi connectivity index (χ2n) is 7.44. The van der Waals surface area contributed by atoms with Gasteiger partial charge in [-0.25, -0.2) is 9.97 Å². The van der Waals surface area contributed by atoms with Gasteiger partial charge in [0.2, 0.25) is 0 Å². The van der Waals surface area contributed by atoms with Crippen molar-refractivity contribution in [2.45, 2.75) is 20.8 Å². The Morgan fingerprint density at radius 1 is 0.676 bits per heavy atom. The van der Waals surface area contributed by atoms with Crippen LogP contribution in [0.3, 0.4) is 0 Å². The van der Waals surface area contributed by atoms with E-state index in [1.165, 1.54) is 0 Å². The molecule has 2 aromatic heterocycles. The zero-order chi connectivity index (χ0) is 26.1. The van der Waals surface area contributed by atoms with E-state index >= 15 is 0 Å². The largest absolute Gasteiger partial charge is 3.00 e. The Bertz CT molecular complexity index is 1250. The van der Waals surface area contributed by atoms with Crippen LogP contribution in [0, 0.1) is 0 Å². The molecule has 0 aliphatic heterocycles. The van der Waals surface area contributed by atoms with Gasteiger partial charge in [-0.2, -0.15) is 0 Å². The summed E-state index contributed by atoms with van der Waals surface area (Å²) in [5, 5.41) is 34.4. The van der Waals surface area contributed by atoms with Gasteiger partial charge in [-0.1, -0.05) is 47.9 Å². The summed E-state index contributed by atoms with van der Waals surface area (Å²) in [5.41, 5.74) is 3.17. The number of nitrogens with zero attached hydrogens (tertiary/aromatic N) is 2. The van der Waals surface area contributed by atoms with Crippen molar-refractivity contribution >= 4 is 5.97 Å². The summed E-state index contributed by atoms with van der Waals surface area (Å²) in [4.78, 5) is 18.2. The Kier molecular flexibility index (Phi) is 10.9. The third-order valence-electron chi connectivity index (χ3n) is 4.87. The Hall–Kier alpha value is -4.07. The number of aliphatic carboxylic acids is 1. The fraction of sp³-hybridized carbons (Fsp3) is 0.179. The summed E-state index contributed by atoms with van der Waals surface area (Å²) < 4.78 is 10.8. The maximum Gasteiger partial charge on any atom is 3.00 e. The maximum absolute atomic E-state index is 12.7. The summed E-state index contributed by atoms with van der Waals surface area (Å²) in [6.45, 7) is 5.46. The molecule has 0 fully saturated rings. The summed E-state index contributed by atoms with van der Waals surface area (Å²) in [6.07, 6.45) is 0. The van der Waals surface area contributed by atoms with Crippen LogP contribution in [0.5, 0.6) is 23.0 Å². The van der Waals surface area contributed by atoms with E-state index in [9.17, 15) is 10.2 Å². The molecule has 0 aliphatic carbocycles. The van der Waals surface area contributed by atoms with Crippen molar-refractivity contribution in [1.82, 2.24) is 9.97 Å². The molecule has 0 aliphatic rings. The van der Waals surface area contributed by atoms with E-state index in [-0.39, 0.29) is 28.6 Å². The van der Waals surface area contributed by atoms with Crippen LogP contribution in [0.1, 0.15) is 20.8 Å². The van der Waals surface area contributed by atoms with Gasteiger partial charge in [-0.15, -0.1) is 0 Å². The minimum atomic E-state index is -1.08. The summed E-state index contributed by atoms with van der Waals surface area (Å²) in [5.74, 6) is -0.891. The normalized spacial score (nSPS) is 9.92. The minimum absolute atomic E-state index is 0. The first-order valence-electron chi connectivity index (χ1n) is 11.3. The molecule has 2 aromatic carbocycles. The molecule has 0 spiro atoms. The number of aromatic nitrogens is 2. The van der Waals surface area contributed by atoms with Crippen molar-refractivity contribution in [1.29, 1.82) is 0 Å². The summed E-state index contributed by atoms with van der Waals surface area (Å²) in [6, 6.07) is 21.2. The fourth-order valence-electron chi connectivity index (χ4n) is 3.43. The first-order valence-corrected chi connectivity index (χ1v) is 11.3. The molecule has 190 valence electrons. The molecule has 0 atom stereocenters. The van der Waals surface area contributed by atoms with E-state index in [4.69, 9.17) is 19.4 Å². The molecule has 0 amide bonds. The van der Waals surface area contributed by atoms with Crippen LogP contribution in [-0.4, -0.2) is 29.2 Å². The van der Waals surface area contributed by atoms with Crippen LogP contribution in [0.15, 0.2) is 72.8 Å². The van der Waals surface area contributed by atoms with Gasteiger partial charge in [0.1, 0.15) is 11.5 Å². The van der Waals surface area contributed by atoms with Crippen molar-refractivity contribution in [2.75, 3.05) is 13.2 Å². The number of pyridine rings is 2. The van der Waals surface area contributed by atoms with Crippen molar-refractivity contribution in [3.8, 4) is 56.9 Å². The van der Waals surface area contributed by atoms with Crippen molar-refractivity contribution in [3.63, 3.8) is 0 Å². The summed E-state index contributed by atoms with van der Waals surface area (Å²) >= 11 is 0. The fourth-order valence-corrected chi connectivity index (χ4v) is 3.43. The van der Waals surface area contributed by atoms with E-state index in [0.29, 0.717) is 58.6 Å². The van der Waals surface area contributed by atoms with Gasteiger partial charge >= 0.3 is 17.1 Å². The van der Waals surface area contributed by atoms with Crippen molar-refractivity contribution in [2.24, 2.45) is 0 Å². The van der Waals surface area contributed by atoms with Crippen LogP contribution in [0.25, 0.3) is 33.9 Å². The molecule has 0 N–H and O–H groups in total. The molecule has 8 nitrogen and oxygen atoms in total. The molecule has 0 radical (unpaired) electrons. The smallest absolute Gasteiger partial charge is 0.870 e. The Balaban J connectivity index is 0.000000898. The average molecular weight is 540 g/mol. The standard InChI is InChI=1S/C26H24N2O4.C2H4O2.Mn/c1-3-31-23-15-5-9-17(25(23)29)19-11-7-13-21(27-19)22-14-8-12-20(28-22)18-10-6-16-24(26(18)30)32-4-2;1-2(3)4;/h5-16,29-30H,3-4H2,1-2H3;1H3,(H,3,4);/q;;+3/p-3. The molecular weight excluding hydrogens is 515 g/mol.